The van der Waals surface area contributed by atoms with Crippen molar-refractivity contribution in [2.24, 2.45) is 0 Å². The van der Waals surface area contributed by atoms with Crippen molar-refractivity contribution in [3.8, 4) is 0 Å². The molecule has 20 heavy (non-hydrogen) atoms. The number of nitrogens with one attached hydrogen (secondary N) is 1. The quantitative estimate of drug-likeness (QED) is 0.827. The van der Waals surface area contributed by atoms with E-state index in [1.165, 1.54) is 31.2 Å². The van der Waals surface area contributed by atoms with Gasteiger partial charge in [0.05, 0.1) is 5.56 Å². The fourth-order valence-corrected chi connectivity index (χ4v) is 1.69. The van der Waals surface area contributed by atoms with Crippen molar-refractivity contribution in [2.75, 3.05) is 5.32 Å². The van der Waals surface area contributed by atoms with Gasteiger partial charge in [0, 0.05) is 25.5 Å². The van der Waals surface area contributed by atoms with Gasteiger partial charge in [0.25, 0.3) is 11.8 Å². The summed E-state index contributed by atoms with van der Waals surface area (Å²) in [6, 6.07) is 5.90. The van der Waals surface area contributed by atoms with E-state index in [9.17, 15) is 19.2 Å². The van der Waals surface area contributed by atoms with Gasteiger partial charge in [0.2, 0.25) is 5.91 Å². The highest BCUT2D eigenvalue weighted by molar-refractivity contribution is 6.02. The van der Waals surface area contributed by atoms with Gasteiger partial charge in [-0.25, -0.2) is 4.79 Å². The standard InChI is InChI=1S/C13H12N2O5/c1-8(16)14-10-4-2-9(3-5-10)13(19)20-15-11(17)6-7-12(15)18/h2-5H,6-7H2,1H3,(H,14,16). The fraction of sp³-hybridized carbons (Fsp3) is 0.231. The Balaban J connectivity index is 2.04. The highest BCUT2D eigenvalue weighted by Gasteiger charge is 2.33. The van der Waals surface area contributed by atoms with Crippen LogP contribution in [0.1, 0.15) is 30.1 Å². The molecule has 7 nitrogen and oxygen atoms in total. The minimum Gasteiger partial charge on any atom is -0.326 e. The summed E-state index contributed by atoms with van der Waals surface area (Å²) in [5.41, 5.74) is 0.703. The van der Waals surface area contributed by atoms with Gasteiger partial charge in [-0.3, -0.25) is 14.4 Å². The molecule has 0 atom stereocenters. The van der Waals surface area contributed by atoms with E-state index in [0.29, 0.717) is 10.8 Å². The minimum absolute atomic E-state index is 0.0492. The molecule has 1 N–H and O–H groups in total. The van der Waals surface area contributed by atoms with Crippen LogP contribution in [0.25, 0.3) is 0 Å². The van der Waals surface area contributed by atoms with Crippen LogP contribution in [0.4, 0.5) is 5.69 Å². The first-order valence-electron chi connectivity index (χ1n) is 5.93. The van der Waals surface area contributed by atoms with Crippen molar-refractivity contribution in [3.05, 3.63) is 29.8 Å². The van der Waals surface area contributed by atoms with Gasteiger partial charge in [-0.1, -0.05) is 0 Å². The number of benzene rings is 1. The maximum atomic E-state index is 11.8. The molecule has 0 radical (unpaired) electrons. The zero-order valence-electron chi connectivity index (χ0n) is 10.7. The van der Waals surface area contributed by atoms with Crippen LogP contribution in [0.2, 0.25) is 0 Å². The second kappa shape index (κ2) is 5.52. The normalized spacial score (nSPS) is 14.3. The summed E-state index contributed by atoms with van der Waals surface area (Å²) in [7, 11) is 0. The molecule has 2 rings (SSSR count). The van der Waals surface area contributed by atoms with Crippen LogP contribution in [0.5, 0.6) is 0 Å². The smallest absolute Gasteiger partial charge is 0.326 e. The molecule has 1 aliphatic rings. The Hall–Kier alpha value is -2.70. The highest BCUT2D eigenvalue weighted by Crippen LogP contribution is 2.15. The lowest BCUT2D eigenvalue weighted by molar-refractivity contribution is -0.172. The maximum Gasteiger partial charge on any atom is 0.363 e. The minimum atomic E-state index is -0.803. The van der Waals surface area contributed by atoms with E-state index in [0.717, 1.165) is 0 Å². The van der Waals surface area contributed by atoms with Crippen LogP contribution in [0.3, 0.4) is 0 Å². The molecular weight excluding hydrogens is 264 g/mol. The van der Waals surface area contributed by atoms with E-state index in [2.05, 4.69) is 5.32 Å². The lowest BCUT2D eigenvalue weighted by Crippen LogP contribution is -2.32. The van der Waals surface area contributed by atoms with E-state index in [4.69, 9.17) is 4.84 Å². The predicted octanol–water partition coefficient (Wildman–Crippen LogP) is 0.866. The maximum absolute atomic E-state index is 11.8. The summed E-state index contributed by atoms with van der Waals surface area (Å²) >= 11 is 0. The van der Waals surface area contributed by atoms with E-state index >= 15 is 0 Å². The second-order valence-corrected chi connectivity index (χ2v) is 4.22. The molecule has 104 valence electrons. The van der Waals surface area contributed by atoms with E-state index in [1.54, 1.807) is 0 Å². The average molecular weight is 276 g/mol. The van der Waals surface area contributed by atoms with Gasteiger partial charge in [-0.15, -0.1) is 5.06 Å². The van der Waals surface area contributed by atoms with Crippen molar-refractivity contribution in [2.45, 2.75) is 19.8 Å². The number of imide groups is 1. The SMILES string of the molecule is CC(=O)Nc1ccc(C(=O)ON2C(=O)CCC2=O)cc1. The van der Waals surface area contributed by atoms with E-state index in [1.807, 2.05) is 0 Å². The third-order valence-corrected chi connectivity index (χ3v) is 2.62. The number of carbonyl (C=O) groups is 4. The topological polar surface area (TPSA) is 92.8 Å². The number of hydrogen-bond donors (Lipinski definition) is 1. The van der Waals surface area contributed by atoms with Crippen LogP contribution >= 0.6 is 0 Å². The Labute approximate surface area is 114 Å². The van der Waals surface area contributed by atoms with Gasteiger partial charge < -0.3 is 10.2 Å². The van der Waals surface area contributed by atoms with Crippen LogP contribution in [-0.4, -0.2) is 28.8 Å². The zero-order chi connectivity index (χ0) is 14.7. The third kappa shape index (κ3) is 3.00. The monoisotopic (exact) mass is 276 g/mol. The molecule has 1 aromatic carbocycles. The molecule has 1 saturated heterocycles. The van der Waals surface area contributed by atoms with E-state index < -0.39 is 17.8 Å². The Kier molecular flexibility index (Phi) is 3.79. The summed E-state index contributed by atoms with van der Waals surface area (Å²) < 4.78 is 0. The van der Waals surface area contributed by atoms with Crippen LogP contribution in [-0.2, 0) is 19.2 Å². The zero-order valence-corrected chi connectivity index (χ0v) is 10.7. The Morgan fingerprint density at radius 3 is 2.15 bits per heavy atom. The first-order valence-corrected chi connectivity index (χ1v) is 5.93. The van der Waals surface area contributed by atoms with Crippen LogP contribution in [0.15, 0.2) is 24.3 Å². The van der Waals surface area contributed by atoms with Gasteiger partial charge >= 0.3 is 5.97 Å². The molecule has 7 heteroatoms. The van der Waals surface area contributed by atoms with Crippen molar-refractivity contribution >= 4 is 29.4 Å². The summed E-state index contributed by atoms with van der Waals surface area (Å²) in [5, 5.41) is 3.04. The number of hydrogen-bond acceptors (Lipinski definition) is 5. The molecule has 1 aromatic rings. The Morgan fingerprint density at radius 1 is 1.10 bits per heavy atom. The number of carbonyl (C=O) groups excluding carboxylic acids is 4. The second-order valence-electron chi connectivity index (χ2n) is 4.22. The largest absolute Gasteiger partial charge is 0.363 e. The molecule has 1 heterocycles. The molecule has 1 aliphatic heterocycles. The summed E-state index contributed by atoms with van der Waals surface area (Å²) in [6.07, 6.45) is 0.0984. The first-order chi connectivity index (χ1) is 9.47. The highest BCUT2D eigenvalue weighted by atomic mass is 16.7. The fourth-order valence-electron chi connectivity index (χ4n) is 1.69. The molecule has 0 spiro atoms. The lowest BCUT2D eigenvalue weighted by Gasteiger charge is -2.12. The van der Waals surface area contributed by atoms with Gasteiger partial charge in [0.15, 0.2) is 0 Å². The van der Waals surface area contributed by atoms with Gasteiger partial charge in [0.1, 0.15) is 0 Å². The molecule has 0 unspecified atom stereocenters. The number of hydroxylamine groups is 2. The predicted molar refractivity (Wildman–Crippen MR) is 67.2 cm³/mol. The van der Waals surface area contributed by atoms with Crippen LogP contribution < -0.4 is 5.32 Å². The van der Waals surface area contributed by atoms with Crippen molar-refractivity contribution in [1.82, 2.24) is 5.06 Å². The molecule has 3 amide bonds. The average Bonchev–Trinajstić information content (AvgIpc) is 2.70. The number of rotatable bonds is 3. The van der Waals surface area contributed by atoms with Crippen molar-refractivity contribution in [3.63, 3.8) is 0 Å². The number of anilines is 1. The first kappa shape index (κ1) is 13.7. The molecule has 0 bridgehead atoms. The van der Waals surface area contributed by atoms with E-state index in [-0.39, 0.29) is 24.3 Å². The Bertz CT molecular complexity index is 563. The van der Waals surface area contributed by atoms with Gasteiger partial charge in [-0.2, -0.15) is 0 Å². The molecule has 0 saturated carbocycles. The third-order valence-electron chi connectivity index (χ3n) is 2.62. The Morgan fingerprint density at radius 2 is 1.65 bits per heavy atom. The van der Waals surface area contributed by atoms with Crippen molar-refractivity contribution < 1.29 is 24.0 Å². The van der Waals surface area contributed by atoms with Crippen molar-refractivity contribution in [1.29, 1.82) is 0 Å². The summed E-state index contributed by atoms with van der Waals surface area (Å²) in [6.45, 7) is 1.37. The molecule has 0 aromatic heterocycles. The lowest BCUT2D eigenvalue weighted by atomic mass is 10.2. The van der Waals surface area contributed by atoms with Gasteiger partial charge in [-0.05, 0) is 24.3 Å². The number of amides is 3. The van der Waals surface area contributed by atoms with Crippen LogP contribution in [0, 0.1) is 0 Å². The summed E-state index contributed by atoms with van der Waals surface area (Å²) in [4.78, 5) is 50.0. The number of nitrogens with zero attached hydrogens (tertiary/aromatic N) is 1. The molecule has 0 aliphatic carbocycles. The molecular formula is C13H12N2O5. The molecule has 1 fully saturated rings. The summed E-state index contributed by atoms with van der Waals surface area (Å²) in [5.74, 6) is -2.09.